The SMILES string of the molecule is C#CCNC1CCCc2c(OCc3ccc(F)cc3)cccc21. The van der Waals surface area contributed by atoms with Gasteiger partial charge in [0.25, 0.3) is 0 Å². The lowest BCUT2D eigenvalue weighted by Gasteiger charge is -2.27. The largest absolute Gasteiger partial charge is 0.489 e. The number of hydrogen-bond acceptors (Lipinski definition) is 2. The molecule has 0 heterocycles. The van der Waals surface area contributed by atoms with E-state index in [0.717, 1.165) is 30.6 Å². The summed E-state index contributed by atoms with van der Waals surface area (Å²) in [5.74, 6) is 3.33. The lowest BCUT2D eigenvalue weighted by molar-refractivity contribution is 0.299. The van der Waals surface area contributed by atoms with Gasteiger partial charge in [0.2, 0.25) is 0 Å². The van der Waals surface area contributed by atoms with Crippen LogP contribution in [0.15, 0.2) is 42.5 Å². The second-order valence-corrected chi connectivity index (χ2v) is 5.77. The van der Waals surface area contributed by atoms with Crippen LogP contribution in [0.2, 0.25) is 0 Å². The van der Waals surface area contributed by atoms with Crippen molar-refractivity contribution in [3.05, 3.63) is 65.0 Å². The Bertz CT molecular complexity index is 703. The van der Waals surface area contributed by atoms with Gasteiger partial charge in [-0.05, 0) is 54.2 Å². The van der Waals surface area contributed by atoms with Crippen molar-refractivity contribution >= 4 is 0 Å². The highest BCUT2D eigenvalue weighted by molar-refractivity contribution is 5.43. The molecule has 0 bridgehead atoms. The lowest BCUT2D eigenvalue weighted by atomic mass is 9.87. The van der Waals surface area contributed by atoms with Gasteiger partial charge in [0, 0.05) is 6.04 Å². The number of terminal acetylenes is 1. The molecule has 1 aliphatic carbocycles. The molecule has 1 unspecified atom stereocenters. The van der Waals surface area contributed by atoms with Crippen LogP contribution in [0.5, 0.6) is 5.75 Å². The highest BCUT2D eigenvalue weighted by atomic mass is 19.1. The summed E-state index contributed by atoms with van der Waals surface area (Å²) in [5, 5.41) is 3.40. The highest BCUT2D eigenvalue weighted by Gasteiger charge is 2.22. The van der Waals surface area contributed by atoms with Crippen molar-refractivity contribution in [3.63, 3.8) is 0 Å². The number of nitrogens with one attached hydrogen (secondary N) is 1. The Morgan fingerprint density at radius 2 is 2.04 bits per heavy atom. The number of hydrogen-bond donors (Lipinski definition) is 1. The third-order valence-electron chi connectivity index (χ3n) is 4.22. The fourth-order valence-corrected chi connectivity index (χ4v) is 3.09. The van der Waals surface area contributed by atoms with Crippen molar-refractivity contribution in [2.24, 2.45) is 0 Å². The summed E-state index contributed by atoms with van der Waals surface area (Å²) in [6, 6.07) is 12.9. The molecular formula is C20H20FNO. The molecule has 1 N–H and O–H groups in total. The fourth-order valence-electron chi connectivity index (χ4n) is 3.09. The van der Waals surface area contributed by atoms with Crippen molar-refractivity contribution in [2.45, 2.75) is 31.9 Å². The first-order valence-electron chi connectivity index (χ1n) is 7.94. The second kappa shape index (κ2) is 7.30. The summed E-state index contributed by atoms with van der Waals surface area (Å²) < 4.78 is 19.0. The van der Waals surface area contributed by atoms with Gasteiger partial charge in [0.15, 0.2) is 0 Å². The van der Waals surface area contributed by atoms with E-state index in [1.54, 1.807) is 12.1 Å². The van der Waals surface area contributed by atoms with Crippen LogP contribution in [0.25, 0.3) is 0 Å². The highest BCUT2D eigenvalue weighted by Crippen LogP contribution is 2.35. The third-order valence-corrected chi connectivity index (χ3v) is 4.22. The van der Waals surface area contributed by atoms with Crippen LogP contribution in [0.3, 0.4) is 0 Å². The maximum Gasteiger partial charge on any atom is 0.123 e. The predicted octanol–water partition coefficient (Wildman–Crippen LogP) is 4.00. The fraction of sp³-hybridized carbons (Fsp3) is 0.300. The minimum atomic E-state index is -0.228. The van der Waals surface area contributed by atoms with E-state index >= 15 is 0 Å². The second-order valence-electron chi connectivity index (χ2n) is 5.77. The van der Waals surface area contributed by atoms with Crippen molar-refractivity contribution in [2.75, 3.05) is 6.54 Å². The van der Waals surface area contributed by atoms with Gasteiger partial charge in [-0.3, -0.25) is 5.32 Å². The summed E-state index contributed by atoms with van der Waals surface area (Å²) >= 11 is 0. The van der Waals surface area contributed by atoms with Gasteiger partial charge < -0.3 is 4.74 Å². The molecule has 3 rings (SSSR count). The summed E-state index contributed by atoms with van der Waals surface area (Å²) in [7, 11) is 0. The summed E-state index contributed by atoms with van der Waals surface area (Å²) in [6.07, 6.45) is 8.58. The Morgan fingerprint density at radius 3 is 2.83 bits per heavy atom. The molecule has 118 valence electrons. The lowest BCUT2D eigenvalue weighted by Crippen LogP contribution is -2.25. The Kier molecular flexibility index (Phi) is 4.95. The van der Waals surface area contributed by atoms with E-state index in [2.05, 4.69) is 17.3 Å². The van der Waals surface area contributed by atoms with E-state index in [4.69, 9.17) is 11.2 Å². The first-order chi connectivity index (χ1) is 11.3. The van der Waals surface area contributed by atoms with Crippen LogP contribution in [-0.2, 0) is 13.0 Å². The molecule has 2 aromatic rings. The van der Waals surface area contributed by atoms with E-state index in [0.29, 0.717) is 19.2 Å². The molecule has 1 atom stereocenters. The van der Waals surface area contributed by atoms with Crippen LogP contribution in [0.4, 0.5) is 4.39 Å². The van der Waals surface area contributed by atoms with Crippen LogP contribution in [0.1, 0.15) is 35.6 Å². The quantitative estimate of drug-likeness (QED) is 0.843. The normalized spacial score (nSPS) is 16.4. The molecule has 0 saturated carbocycles. The Hall–Kier alpha value is -2.31. The number of benzene rings is 2. The summed E-state index contributed by atoms with van der Waals surface area (Å²) in [4.78, 5) is 0. The van der Waals surface area contributed by atoms with Gasteiger partial charge in [0.1, 0.15) is 18.2 Å². The van der Waals surface area contributed by atoms with E-state index in [-0.39, 0.29) is 5.82 Å². The van der Waals surface area contributed by atoms with E-state index in [9.17, 15) is 4.39 Å². The molecule has 0 spiro atoms. The zero-order chi connectivity index (χ0) is 16.1. The average molecular weight is 309 g/mol. The molecule has 0 radical (unpaired) electrons. The van der Waals surface area contributed by atoms with Crippen molar-refractivity contribution in [1.29, 1.82) is 0 Å². The van der Waals surface area contributed by atoms with E-state index in [1.807, 2.05) is 12.1 Å². The Morgan fingerprint density at radius 1 is 1.22 bits per heavy atom. The minimum Gasteiger partial charge on any atom is -0.489 e. The molecule has 2 nitrogen and oxygen atoms in total. The van der Waals surface area contributed by atoms with Gasteiger partial charge in [0.05, 0.1) is 6.54 Å². The smallest absolute Gasteiger partial charge is 0.123 e. The average Bonchev–Trinajstić information content (AvgIpc) is 2.59. The number of rotatable bonds is 5. The molecule has 0 aromatic heterocycles. The van der Waals surface area contributed by atoms with Crippen LogP contribution in [-0.4, -0.2) is 6.54 Å². The van der Waals surface area contributed by atoms with Gasteiger partial charge in [-0.25, -0.2) is 4.39 Å². The molecule has 23 heavy (non-hydrogen) atoms. The van der Waals surface area contributed by atoms with Crippen LogP contribution in [0, 0.1) is 18.2 Å². The molecule has 0 aliphatic heterocycles. The number of fused-ring (bicyclic) bond motifs is 1. The number of halogens is 1. The maximum absolute atomic E-state index is 13.0. The molecule has 3 heteroatoms. The van der Waals surface area contributed by atoms with Crippen molar-refractivity contribution in [3.8, 4) is 18.1 Å². The number of ether oxygens (including phenoxy) is 1. The molecule has 1 aliphatic rings. The van der Waals surface area contributed by atoms with E-state index in [1.165, 1.54) is 23.3 Å². The standard InChI is InChI=1S/C20H20FNO/c1-2-13-22-19-7-3-6-18-17(19)5-4-8-20(18)23-14-15-9-11-16(21)12-10-15/h1,4-5,8-12,19,22H,3,6-7,13-14H2. The monoisotopic (exact) mass is 309 g/mol. The van der Waals surface area contributed by atoms with E-state index < -0.39 is 0 Å². The molecule has 0 saturated heterocycles. The molecule has 2 aromatic carbocycles. The first kappa shape index (κ1) is 15.6. The minimum absolute atomic E-state index is 0.228. The zero-order valence-corrected chi connectivity index (χ0v) is 13.0. The van der Waals surface area contributed by atoms with Gasteiger partial charge in [-0.15, -0.1) is 6.42 Å². The molecule has 0 amide bonds. The first-order valence-corrected chi connectivity index (χ1v) is 7.94. The Balaban J connectivity index is 1.75. The molecular weight excluding hydrogens is 289 g/mol. The molecule has 0 fully saturated rings. The maximum atomic E-state index is 13.0. The topological polar surface area (TPSA) is 21.3 Å². The van der Waals surface area contributed by atoms with Crippen LogP contribution < -0.4 is 10.1 Å². The predicted molar refractivity (Wildman–Crippen MR) is 89.7 cm³/mol. The third kappa shape index (κ3) is 3.72. The van der Waals surface area contributed by atoms with Crippen molar-refractivity contribution < 1.29 is 9.13 Å². The van der Waals surface area contributed by atoms with Gasteiger partial charge in [-0.1, -0.05) is 30.2 Å². The van der Waals surface area contributed by atoms with Crippen LogP contribution >= 0.6 is 0 Å². The van der Waals surface area contributed by atoms with Gasteiger partial charge in [-0.2, -0.15) is 0 Å². The van der Waals surface area contributed by atoms with Crippen molar-refractivity contribution in [1.82, 2.24) is 5.32 Å². The Labute approximate surface area is 136 Å². The zero-order valence-electron chi connectivity index (χ0n) is 13.0. The summed E-state index contributed by atoms with van der Waals surface area (Å²) in [5.41, 5.74) is 3.50. The summed E-state index contributed by atoms with van der Waals surface area (Å²) in [6.45, 7) is 1.02. The van der Waals surface area contributed by atoms with Gasteiger partial charge >= 0.3 is 0 Å².